The van der Waals surface area contributed by atoms with Crippen molar-refractivity contribution in [2.75, 3.05) is 23.3 Å². The third kappa shape index (κ3) is 4.24. The number of para-hydroxylation sites is 2. The van der Waals surface area contributed by atoms with Gasteiger partial charge in [-0.15, -0.1) is 0 Å². The zero-order chi connectivity index (χ0) is 22.9. The molecule has 0 fully saturated rings. The van der Waals surface area contributed by atoms with E-state index in [-0.39, 0.29) is 11.4 Å². The Morgan fingerprint density at radius 3 is 2.53 bits per heavy atom. The average molecular weight is 473 g/mol. The van der Waals surface area contributed by atoms with Crippen LogP contribution in [-0.4, -0.2) is 34.1 Å². The summed E-state index contributed by atoms with van der Waals surface area (Å²) >= 11 is 5.99. The number of halogens is 1. The Bertz CT molecular complexity index is 1260. The Morgan fingerprint density at radius 1 is 1.12 bits per heavy atom. The van der Waals surface area contributed by atoms with Gasteiger partial charge in [-0.05, 0) is 67.1 Å². The summed E-state index contributed by atoms with van der Waals surface area (Å²) in [6.45, 7) is 1.64. The van der Waals surface area contributed by atoms with Crippen LogP contribution in [0.2, 0.25) is 5.02 Å². The van der Waals surface area contributed by atoms with Crippen LogP contribution in [0.15, 0.2) is 71.6 Å². The van der Waals surface area contributed by atoms with Gasteiger partial charge in [-0.2, -0.15) is 0 Å². The van der Waals surface area contributed by atoms with Crippen molar-refractivity contribution in [3.8, 4) is 11.5 Å². The first-order valence-electron chi connectivity index (χ1n) is 9.79. The highest BCUT2D eigenvalue weighted by atomic mass is 35.5. The largest absolute Gasteiger partial charge is 0.497 e. The normalized spacial score (nSPS) is 15.5. The molecule has 1 aliphatic rings. The van der Waals surface area contributed by atoms with E-state index in [1.54, 1.807) is 54.6 Å². The van der Waals surface area contributed by atoms with Gasteiger partial charge in [-0.1, -0.05) is 23.7 Å². The molecule has 0 aromatic heterocycles. The number of carbonyl (C=O) groups is 1. The average Bonchev–Trinajstić information content (AvgIpc) is 2.80. The highest BCUT2D eigenvalue weighted by molar-refractivity contribution is 7.92. The van der Waals surface area contributed by atoms with Gasteiger partial charge < -0.3 is 14.8 Å². The maximum Gasteiger partial charge on any atom is 0.267 e. The number of fused-ring (bicyclic) bond motifs is 1. The van der Waals surface area contributed by atoms with Gasteiger partial charge in [0.2, 0.25) is 0 Å². The predicted molar refractivity (Wildman–Crippen MR) is 123 cm³/mol. The van der Waals surface area contributed by atoms with Crippen LogP contribution in [0, 0.1) is 6.92 Å². The van der Waals surface area contributed by atoms with Gasteiger partial charge in [-0.3, -0.25) is 9.10 Å². The van der Waals surface area contributed by atoms with Crippen LogP contribution < -0.4 is 19.1 Å². The molecule has 1 heterocycles. The number of sulfonamides is 1. The number of methoxy groups -OCH3 is 1. The van der Waals surface area contributed by atoms with Gasteiger partial charge in [0.15, 0.2) is 6.10 Å². The molecule has 0 bridgehead atoms. The van der Waals surface area contributed by atoms with Crippen molar-refractivity contribution in [3.05, 3.63) is 77.3 Å². The lowest BCUT2D eigenvalue weighted by molar-refractivity contribution is -0.122. The molecule has 3 aromatic rings. The van der Waals surface area contributed by atoms with E-state index in [2.05, 4.69) is 5.32 Å². The van der Waals surface area contributed by atoms with E-state index in [0.717, 1.165) is 5.56 Å². The second-order valence-electron chi connectivity index (χ2n) is 7.23. The summed E-state index contributed by atoms with van der Waals surface area (Å²) in [5.74, 6) is 0.394. The molecule has 1 N–H and O–H groups in total. The Labute approximate surface area is 191 Å². The molecule has 0 radical (unpaired) electrons. The minimum Gasteiger partial charge on any atom is -0.497 e. The number of anilines is 2. The Balaban J connectivity index is 1.66. The number of nitrogens with one attached hydrogen (secondary N) is 1. The van der Waals surface area contributed by atoms with Crippen molar-refractivity contribution in [2.24, 2.45) is 0 Å². The second kappa shape index (κ2) is 8.72. The number of nitrogens with zero attached hydrogens (tertiary/aromatic N) is 1. The molecule has 4 rings (SSSR count). The van der Waals surface area contributed by atoms with Crippen LogP contribution in [-0.2, 0) is 14.8 Å². The number of amides is 1. The molecule has 7 nitrogen and oxygen atoms in total. The van der Waals surface area contributed by atoms with Crippen molar-refractivity contribution in [3.63, 3.8) is 0 Å². The molecule has 1 amide bonds. The number of rotatable bonds is 5. The minimum absolute atomic E-state index is 0.0858. The molecule has 0 unspecified atom stereocenters. The lowest BCUT2D eigenvalue weighted by Gasteiger charge is -2.34. The topological polar surface area (TPSA) is 84.9 Å². The molecular weight excluding hydrogens is 452 g/mol. The van der Waals surface area contributed by atoms with Gasteiger partial charge in [0.05, 0.1) is 24.2 Å². The Kier molecular flexibility index (Phi) is 5.99. The summed E-state index contributed by atoms with van der Waals surface area (Å²) in [7, 11) is -2.45. The molecule has 0 aliphatic carbocycles. The number of ether oxygens (including phenoxy) is 2. The van der Waals surface area contributed by atoms with E-state index in [9.17, 15) is 13.2 Å². The molecule has 9 heteroatoms. The van der Waals surface area contributed by atoms with Crippen molar-refractivity contribution < 1.29 is 22.7 Å². The third-order valence-electron chi connectivity index (χ3n) is 5.12. The van der Waals surface area contributed by atoms with E-state index < -0.39 is 22.0 Å². The summed E-state index contributed by atoms with van der Waals surface area (Å²) in [5.41, 5.74) is 1.73. The number of hydrogen-bond acceptors (Lipinski definition) is 5. The van der Waals surface area contributed by atoms with Gasteiger partial charge in [-0.25, -0.2) is 8.42 Å². The molecule has 0 spiro atoms. The van der Waals surface area contributed by atoms with Crippen LogP contribution in [0.4, 0.5) is 11.4 Å². The molecular formula is C23H21ClN2O5S. The maximum absolute atomic E-state index is 13.5. The monoisotopic (exact) mass is 472 g/mol. The quantitative estimate of drug-likeness (QED) is 0.600. The van der Waals surface area contributed by atoms with E-state index >= 15 is 0 Å². The van der Waals surface area contributed by atoms with Gasteiger partial charge in [0.25, 0.3) is 15.9 Å². The van der Waals surface area contributed by atoms with Crippen LogP contribution in [0.5, 0.6) is 11.5 Å². The summed E-state index contributed by atoms with van der Waals surface area (Å²) < 4.78 is 39.1. The number of hydrogen-bond donors (Lipinski definition) is 1. The van der Waals surface area contributed by atoms with E-state index in [0.29, 0.717) is 27.9 Å². The first kappa shape index (κ1) is 22.0. The Hall–Kier alpha value is -3.23. The fourth-order valence-corrected chi connectivity index (χ4v) is 5.12. The molecule has 0 saturated heterocycles. The first-order valence-corrected chi connectivity index (χ1v) is 11.6. The number of benzene rings is 3. The number of aryl methyl sites for hydroxylation is 1. The van der Waals surface area contributed by atoms with Crippen LogP contribution in [0.1, 0.15) is 5.56 Å². The molecule has 166 valence electrons. The van der Waals surface area contributed by atoms with Gasteiger partial charge in [0.1, 0.15) is 11.5 Å². The predicted octanol–water partition coefficient (Wildman–Crippen LogP) is 4.25. The zero-order valence-electron chi connectivity index (χ0n) is 17.4. The summed E-state index contributed by atoms with van der Waals surface area (Å²) in [6.07, 6.45) is -1.05. The lowest BCUT2D eigenvalue weighted by atomic mass is 10.1. The maximum atomic E-state index is 13.5. The molecule has 1 aliphatic heterocycles. The molecule has 1 atom stereocenters. The summed E-state index contributed by atoms with van der Waals surface area (Å²) in [5, 5.41) is 3.36. The van der Waals surface area contributed by atoms with Crippen molar-refractivity contribution in [2.45, 2.75) is 17.9 Å². The highest BCUT2D eigenvalue weighted by Crippen LogP contribution is 2.37. The standard InChI is InChI=1S/C23H21ClN2O5S/c1-15-13-16(24)7-12-19(15)25-23(27)22-14-26(20-5-3-4-6-21(20)31-22)32(28,29)18-10-8-17(30-2)9-11-18/h3-13,22H,14H2,1-2H3,(H,25,27)/t22-/m1/s1. The van der Waals surface area contributed by atoms with E-state index in [4.69, 9.17) is 21.1 Å². The van der Waals surface area contributed by atoms with Gasteiger partial charge in [0, 0.05) is 10.7 Å². The van der Waals surface area contributed by atoms with Crippen molar-refractivity contribution in [1.29, 1.82) is 0 Å². The third-order valence-corrected chi connectivity index (χ3v) is 7.15. The second-order valence-corrected chi connectivity index (χ2v) is 9.53. The van der Waals surface area contributed by atoms with Crippen LogP contribution >= 0.6 is 11.6 Å². The van der Waals surface area contributed by atoms with Crippen molar-refractivity contribution >= 4 is 38.9 Å². The summed E-state index contributed by atoms with van der Waals surface area (Å²) in [4.78, 5) is 13.1. The van der Waals surface area contributed by atoms with E-state index in [1.165, 1.54) is 23.5 Å². The van der Waals surface area contributed by atoms with Crippen LogP contribution in [0.3, 0.4) is 0 Å². The first-order chi connectivity index (χ1) is 15.3. The lowest BCUT2D eigenvalue weighted by Crippen LogP contribution is -2.48. The molecule has 3 aromatic carbocycles. The molecule has 0 saturated carbocycles. The molecule has 32 heavy (non-hydrogen) atoms. The zero-order valence-corrected chi connectivity index (χ0v) is 19.0. The summed E-state index contributed by atoms with van der Waals surface area (Å²) in [6, 6.07) is 17.9. The SMILES string of the molecule is COc1ccc(S(=O)(=O)N2C[C@H](C(=O)Nc3ccc(Cl)cc3C)Oc3ccccc32)cc1. The smallest absolute Gasteiger partial charge is 0.267 e. The number of carbonyl (C=O) groups excluding carboxylic acids is 1. The van der Waals surface area contributed by atoms with E-state index in [1.807, 2.05) is 6.92 Å². The Morgan fingerprint density at radius 2 is 1.84 bits per heavy atom. The highest BCUT2D eigenvalue weighted by Gasteiger charge is 2.37. The fraction of sp³-hybridized carbons (Fsp3) is 0.174. The van der Waals surface area contributed by atoms with Gasteiger partial charge >= 0.3 is 0 Å². The van der Waals surface area contributed by atoms with Crippen LogP contribution in [0.25, 0.3) is 0 Å². The fourth-order valence-electron chi connectivity index (χ4n) is 3.42. The van der Waals surface area contributed by atoms with Crippen molar-refractivity contribution in [1.82, 2.24) is 0 Å². The minimum atomic E-state index is -3.95.